The Morgan fingerprint density at radius 2 is 1.90 bits per heavy atom. The van der Waals surface area contributed by atoms with Gasteiger partial charge in [0, 0.05) is 10.6 Å². The van der Waals surface area contributed by atoms with E-state index in [1.165, 1.54) is 37.1 Å². The number of rotatable bonds is 4. The topological polar surface area (TPSA) is 26.3 Å². The fourth-order valence-electron chi connectivity index (χ4n) is 1.65. The molecule has 0 unspecified atom stereocenters. The van der Waals surface area contributed by atoms with Gasteiger partial charge in [0.15, 0.2) is 0 Å². The van der Waals surface area contributed by atoms with Gasteiger partial charge in [0.05, 0.1) is 12.7 Å². The molecule has 0 aliphatic carbocycles. The van der Waals surface area contributed by atoms with Crippen LogP contribution in [0.4, 0.5) is 8.78 Å². The molecule has 0 heterocycles. The van der Waals surface area contributed by atoms with Crippen LogP contribution >= 0.6 is 11.8 Å². The third kappa shape index (κ3) is 3.36. The maximum Gasteiger partial charge on any atom is 0.340 e. The highest BCUT2D eigenvalue weighted by atomic mass is 32.2. The molecule has 0 aromatic heterocycles. The van der Waals surface area contributed by atoms with Crippen LogP contribution in [0.3, 0.4) is 0 Å². The van der Waals surface area contributed by atoms with Gasteiger partial charge in [0.25, 0.3) is 0 Å². The summed E-state index contributed by atoms with van der Waals surface area (Å²) in [5.74, 6) is -1.23. The van der Waals surface area contributed by atoms with Crippen LogP contribution in [0, 0.1) is 11.6 Å². The largest absolute Gasteiger partial charge is 0.465 e. The van der Waals surface area contributed by atoms with Crippen molar-refractivity contribution in [3.05, 3.63) is 65.2 Å². The molecule has 2 aromatic rings. The Bertz CT molecular complexity index is 629. The van der Waals surface area contributed by atoms with Gasteiger partial charge < -0.3 is 4.74 Å². The molecule has 0 N–H and O–H groups in total. The highest BCUT2D eigenvalue weighted by Crippen LogP contribution is 2.26. The first kappa shape index (κ1) is 14.5. The van der Waals surface area contributed by atoms with Crippen LogP contribution in [-0.4, -0.2) is 13.1 Å². The Labute approximate surface area is 119 Å². The standard InChI is InChI=1S/C15H12F2O2S/c1-19-15(18)11-7-6-10(8-13(11)17)9-20-14-5-3-2-4-12(14)16/h2-8H,9H2,1H3. The van der Waals surface area contributed by atoms with Gasteiger partial charge in [-0.1, -0.05) is 18.2 Å². The van der Waals surface area contributed by atoms with E-state index in [-0.39, 0.29) is 11.4 Å². The summed E-state index contributed by atoms with van der Waals surface area (Å²) < 4.78 is 31.6. The van der Waals surface area contributed by atoms with Gasteiger partial charge in [0.1, 0.15) is 11.6 Å². The second-order valence-corrected chi connectivity index (χ2v) is 5.04. The van der Waals surface area contributed by atoms with Crippen LogP contribution in [0.2, 0.25) is 0 Å². The average molecular weight is 294 g/mol. The highest BCUT2D eigenvalue weighted by molar-refractivity contribution is 7.98. The SMILES string of the molecule is COC(=O)c1ccc(CSc2ccccc2F)cc1F. The lowest BCUT2D eigenvalue weighted by molar-refractivity contribution is 0.0595. The summed E-state index contributed by atoms with van der Waals surface area (Å²) in [6.07, 6.45) is 0. The molecule has 0 saturated heterocycles. The van der Waals surface area contributed by atoms with Gasteiger partial charge in [0.2, 0.25) is 0 Å². The molecular formula is C15H12F2O2S. The fraction of sp³-hybridized carbons (Fsp3) is 0.133. The van der Waals surface area contributed by atoms with Gasteiger partial charge in [-0.3, -0.25) is 0 Å². The smallest absolute Gasteiger partial charge is 0.340 e. The number of thioether (sulfide) groups is 1. The number of hydrogen-bond acceptors (Lipinski definition) is 3. The predicted molar refractivity (Wildman–Crippen MR) is 73.7 cm³/mol. The zero-order valence-electron chi connectivity index (χ0n) is 10.7. The monoisotopic (exact) mass is 294 g/mol. The molecule has 0 fully saturated rings. The molecule has 20 heavy (non-hydrogen) atoms. The van der Waals surface area contributed by atoms with Gasteiger partial charge >= 0.3 is 5.97 Å². The van der Waals surface area contributed by atoms with Crippen molar-refractivity contribution in [1.82, 2.24) is 0 Å². The highest BCUT2D eigenvalue weighted by Gasteiger charge is 2.12. The molecule has 2 nitrogen and oxygen atoms in total. The minimum atomic E-state index is -0.712. The van der Waals surface area contributed by atoms with Gasteiger partial charge in [-0.25, -0.2) is 13.6 Å². The first-order chi connectivity index (χ1) is 9.61. The second-order valence-electron chi connectivity index (χ2n) is 4.02. The average Bonchev–Trinajstić information content (AvgIpc) is 2.46. The van der Waals surface area contributed by atoms with Crippen LogP contribution in [0.15, 0.2) is 47.4 Å². The summed E-state index contributed by atoms with van der Waals surface area (Å²) in [5.41, 5.74) is 0.565. The van der Waals surface area contributed by atoms with Crippen molar-refractivity contribution in [3.63, 3.8) is 0 Å². The van der Waals surface area contributed by atoms with Crippen LogP contribution in [0.5, 0.6) is 0 Å². The third-order valence-electron chi connectivity index (χ3n) is 2.67. The van der Waals surface area contributed by atoms with E-state index in [1.807, 2.05) is 0 Å². The number of carbonyl (C=O) groups excluding carboxylic acids is 1. The van der Waals surface area contributed by atoms with Crippen LogP contribution in [0.25, 0.3) is 0 Å². The minimum Gasteiger partial charge on any atom is -0.465 e. The lowest BCUT2D eigenvalue weighted by atomic mass is 10.1. The molecule has 0 atom stereocenters. The Kier molecular flexibility index (Phi) is 4.74. The number of carbonyl (C=O) groups is 1. The molecule has 0 saturated carbocycles. The Balaban J connectivity index is 2.10. The van der Waals surface area contributed by atoms with Gasteiger partial charge in [-0.15, -0.1) is 11.8 Å². The van der Waals surface area contributed by atoms with Crippen molar-refractivity contribution in [2.75, 3.05) is 7.11 Å². The molecule has 0 spiro atoms. The lowest BCUT2D eigenvalue weighted by Gasteiger charge is -2.06. The minimum absolute atomic E-state index is 0.104. The van der Waals surface area contributed by atoms with E-state index in [0.29, 0.717) is 16.2 Å². The maximum absolute atomic E-state index is 13.7. The summed E-state index contributed by atoms with van der Waals surface area (Å²) in [7, 11) is 1.20. The predicted octanol–water partition coefficient (Wildman–Crippen LogP) is 4.04. The lowest BCUT2D eigenvalue weighted by Crippen LogP contribution is -2.04. The van der Waals surface area contributed by atoms with Crippen LogP contribution < -0.4 is 0 Å². The number of ether oxygens (including phenoxy) is 1. The van der Waals surface area contributed by atoms with Crippen molar-refractivity contribution in [3.8, 4) is 0 Å². The molecule has 5 heteroatoms. The molecule has 0 amide bonds. The number of esters is 1. The molecule has 0 aliphatic rings. The normalized spacial score (nSPS) is 10.3. The molecular weight excluding hydrogens is 282 g/mol. The number of benzene rings is 2. The Morgan fingerprint density at radius 1 is 1.15 bits per heavy atom. The van der Waals surface area contributed by atoms with E-state index in [4.69, 9.17) is 0 Å². The molecule has 0 radical (unpaired) electrons. The zero-order chi connectivity index (χ0) is 14.5. The van der Waals surface area contributed by atoms with Crippen LogP contribution in [0.1, 0.15) is 15.9 Å². The van der Waals surface area contributed by atoms with Gasteiger partial charge in [-0.05, 0) is 29.8 Å². The van der Waals surface area contributed by atoms with E-state index in [1.54, 1.807) is 24.3 Å². The van der Waals surface area contributed by atoms with Crippen molar-refractivity contribution >= 4 is 17.7 Å². The quantitative estimate of drug-likeness (QED) is 0.629. The Hall–Kier alpha value is -1.88. The van der Waals surface area contributed by atoms with Crippen molar-refractivity contribution in [2.24, 2.45) is 0 Å². The molecule has 0 aliphatic heterocycles. The fourth-order valence-corrected chi connectivity index (χ4v) is 2.53. The van der Waals surface area contributed by atoms with Crippen molar-refractivity contribution in [1.29, 1.82) is 0 Å². The molecule has 2 aromatic carbocycles. The van der Waals surface area contributed by atoms with Crippen molar-refractivity contribution in [2.45, 2.75) is 10.6 Å². The summed E-state index contributed by atoms with van der Waals surface area (Å²) in [4.78, 5) is 11.8. The molecule has 2 rings (SSSR count). The second kappa shape index (κ2) is 6.52. The summed E-state index contributed by atoms with van der Waals surface area (Å²) in [6.45, 7) is 0. The molecule has 0 bridgehead atoms. The van der Waals surface area contributed by atoms with Gasteiger partial charge in [-0.2, -0.15) is 0 Å². The number of methoxy groups -OCH3 is 1. The molecule has 104 valence electrons. The third-order valence-corrected chi connectivity index (χ3v) is 3.79. The van der Waals surface area contributed by atoms with E-state index in [9.17, 15) is 13.6 Å². The first-order valence-corrected chi connectivity index (χ1v) is 6.84. The van der Waals surface area contributed by atoms with E-state index in [0.717, 1.165) is 0 Å². The van der Waals surface area contributed by atoms with E-state index in [2.05, 4.69) is 4.74 Å². The summed E-state index contributed by atoms with van der Waals surface area (Å²) >= 11 is 1.27. The number of halogens is 2. The zero-order valence-corrected chi connectivity index (χ0v) is 11.5. The summed E-state index contributed by atoms with van der Waals surface area (Å²) in [5, 5.41) is 0. The summed E-state index contributed by atoms with van der Waals surface area (Å²) in [6, 6.07) is 10.7. The van der Waals surface area contributed by atoms with Crippen LogP contribution in [-0.2, 0) is 10.5 Å². The van der Waals surface area contributed by atoms with E-state index < -0.39 is 11.8 Å². The van der Waals surface area contributed by atoms with Crippen molar-refractivity contribution < 1.29 is 18.3 Å². The Morgan fingerprint density at radius 3 is 2.55 bits per heavy atom. The maximum atomic E-state index is 13.7. The van der Waals surface area contributed by atoms with E-state index >= 15 is 0 Å². The number of hydrogen-bond donors (Lipinski definition) is 0. The first-order valence-electron chi connectivity index (χ1n) is 5.86.